The Morgan fingerprint density at radius 2 is 1.88 bits per heavy atom. The number of aliphatic imine (C=N–C) groups is 1. The van der Waals surface area contributed by atoms with Crippen molar-refractivity contribution in [3.05, 3.63) is 54.1 Å². The quantitative estimate of drug-likeness (QED) is 0.286. The van der Waals surface area contributed by atoms with Gasteiger partial charge in [0.15, 0.2) is 5.96 Å². The lowest BCUT2D eigenvalue weighted by molar-refractivity contribution is 0.730. The van der Waals surface area contributed by atoms with Gasteiger partial charge >= 0.3 is 0 Å². The molecule has 0 fully saturated rings. The number of hydrogen-bond acceptors (Lipinski definition) is 2. The summed E-state index contributed by atoms with van der Waals surface area (Å²) in [5.41, 5.74) is 2.48. The van der Waals surface area contributed by atoms with Crippen LogP contribution in [0.2, 0.25) is 0 Å². The minimum Gasteiger partial charge on any atom is -0.357 e. The van der Waals surface area contributed by atoms with Crippen LogP contribution in [0.3, 0.4) is 0 Å². The summed E-state index contributed by atoms with van der Waals surface area (Å²) in [5.74, 6) is 0.892. The van der Waals surface area contributed by atoms with E-state index in [2.05, 4.69) is 63.3 Å². The summed E-state index contributed by atoms with van der Waals surface area (Å²) in [6, 6.07) is 8.60. The van der Waals surface area contributed by atoms with E-state index in [0.717, 1.165) is 32.0 Å². The molecule has 2 aromatic rings. The molecule has 2 rings (SSSR count). The number of guanidine groups is 1. The van der Waals surface area contributed by atoms with Gasteiger partial charge in [-0.3, -0.25) is 0 Å². The van der Waals surface area contributed by atoms with E-state index in [1.165, 1.54) is 17.5 Å². The lowest BCUT2D eigenvalue weighted by Crippen LogP contribution is -2.37. The highest BCUT2D eigenvalue weighted by atomic mass is 127. The largest absolute Gasteiger partial charge is 0.357 e. The molecule has 1 aromatic carbocycles. The van der Waals surface area contributed by atoms with Crippen molar-refractivity contribution < 1.29 is 0 Å². The van der Waals surface area contributed by atoms with Crippen LogP contribution in [-0.2, 0) is 13.1 Å². The molecule has 0 aliphatic rings. The number of unbranched alkanes of at least 4 members (excludes halogenated alkanes) is 1. The zero-order valence-corrected chi connectivity index (χ0v) is 16.9. The van der Waals surface area contributed by atoms with Gasteiger partial charge in [0.25, 0.3) is 0 Å². The first kappa shape index (κ1) is 20.5. The minimum absolute atomic E-state index is 0. The SMILES string of the molecule is CCCCNC(=NCc1ccc(Cn2ccnc2)cc1)NCC.I. The van der Waals surface area contributed by atoms with Gasteiger partial charge in [-0.15, -0.1) is 24.0 Å². The van der Waals surface area contributed by atoms with Gasteiger partial charge in [-0.25, -0.2) is 9.98 Å². The van der Waals surface area contributed by atoms with Crippen molar-refractivity contribution in [3.63, 3.8) is 0 Å². The van der Waals surface area contributed by atoms with E-state index in [1.807, 2.05) is 12.5 Å². The third-order valence-electron chi connectivity index (χ3n) is 3.53. The maximum absolute atomic E-state index is 4.64. The Labute approximate surface area is 162 Å². The zero-order chi connectivity index (χ0) is 16.3. The molecule has 1 aromatic heterocycles. The first-order chi connectivity index (χ1) is 11.3. The maximum atomic E-state index is 4.64. The molecule has 0 unspecified atom stereocenters. The predicted molar refractivity (Wildman–Crippen MR) is 111 cm³/mol. The van der Waals surface area contributed by atoms with Gasteiger partial charge in [0, 0.05) is 32.0 Å². The van der Waals surface area contributed by atoms with Crippen LogP contribution in [0.15, 0.2) is 48.0 Å². The molecule has 6 heteroatoms. The molecule has 0 radical (unpaired) electrons. The Morgan fingerprint density at radius 3 is 2.50 bits per heavy atom. The number of hydrogen-bond donors (Lipinski definition) is 2. The Hall–Kier alpha value is -1.57. The van der Waals surface area contributed by atoms with Gasteiger partial charge in [-0.2, -0.15) is 0 Å². The minimum atomic E-state index is 0. The summed E-state index contributed by atoms with van der Waals surface area (Å²) >= 11 is 0. The number of nitrogens with zero attached hydrogens (tertiary/aromatic N) is 3. The molecule has 5 nitrogen and oxygen atoms in total. The number of imidazole rings is 1. The molecule has 132 valence electrons. The van der Waals surface area contributed by atoms with Crippen LogP contribution in [-0.4, -0.2) is 28.6 Å². The molecule has 0 spiro atoms. The van der Waals surface area contributed by atoms with Gasteiger partial charge in [-0.05, 0) is 24.5 Å². The fraction of sp³-hybridized carbons (Fsp3) is 0.444. The molecule has 2 N–H and O–H groups in total. The van der Waals surface area contributed by atoms with Crippen LogP contribution >= 0.6 is 24.0 Å². The van der Waals surface area contributed by atoms with Crippen molar-refractivity contribution >= 4 is 29.9 Å². The van der Waals surface area contributed by atoms with E-state index in [1.54, 1.807) is 6.20 Å². The van der Waals surface area contributed by atoms with Crippen LogP contribution in [0.1, 0.15) is 37.8 Å². The van der Waals surface area contributed by atoms with Gasteiger partial charge < -0.3 is 15.2 Å². The lowest BCUT2D eigenvalue weighted by Gasteiger charge is -2.11. The topological polar surface area (TPSA) is 54.2 Å². The molecule has 0 aliphatic heterocycles. The number of nitrogens with one attached hydrogen (secondary N) is 2. The van der Waals surface area contributed by atoms with Crippen molar-refractivity contribution in [2.75, 3.05) is 13.1 Å². The summed E-state index contributed by atoms with van der Waals surface area (Å²) < 4.78 is 2.06. The highest BCUT2D eigenvalue weighted by Crippen LogP contribution is 2.07. The summed E-state index contributed by atoms with van der Waals surface area (Å²) in [7, 11) is 0. The molecule has 0 atom stereocenters. The van der Waals surface area contributed by atoms with Gasteiger partial charge in [0.1, 0.15) is 0 Å². The van der Waals surface area contributed by atoms with Crippen molar-refractivity contribution in [2.45, 2.75) is 39.8 Å². The highest BCUT2D eigenvalue weighted by Gasteiger charge is 1.98. The third kappa shape index (κ3) is 7.33. The summed E-state index contributed by atoms with van der Waals surface area (Å²) in [6.45, 7) is 7.66. The molecule has 0 saturated heterocycles. The van der Waals surface area contributed by atoms with Crippen molar-refractivity contribution in [1.82, 2.24) is 20.2 Å². The molecule has 0 amide bonds. The second kappa shape index (κ2) is 11.9. The van der Waals surface area contributed by atoms with Crippen LogP contribution in [0.4, 0.5) is 0 Å². The third-order valence-corrected chi connectivity index (χ3v) is 3.53. The van der Waals surface area contributed by atoms with Gasteiger partial charge in [-0.1, -0.05) is 37.6 Å². The Balaban J connectivity index is 0.00000288. The van der Waals surface area contributed by atoms with E-state index < -0.39 is 0 Å². The maximum Gasteiger partial charge on any atom is 0.191 e. The van der Waals surface area contributed by atoms with Crippen molar-refractivity contribution in [1.29, 1.82) is 0 Å². The highest BCUT2D eigenvalue weighted by molar-refractivity contribution is 14.0. The standard InChI is InChI=1S/C18H27N5.HI/c1-3-5-10-21-18(20-4-2)22-13-16-6-8-17(9-7-16)14-23-12-11-19-15-23;/h6-9,11-12,15H,3-5,10,13-14H2,1-2H3,(H2,20,21,22);1H. The lowest BCUT2D eigenvalue weighted by atomic mass is 10.1. The van der Waals surface area contributed by atoms with Gasteiger partial charge in [0.05, 0.1) is 12.9 Å². The van der Waals surface area contributed by atoms with Crippen molar-refractivity contribution in [2.24, 2.45) is 4.99 Å². The normalized spacial score (nSPS) is 11.0. The van der Waals surface area contributed by atoms with Crippen LogP contribution in [0.25, 0.3) is 0 Å². The monoisotopic (exact) mass is 441 g/mol. The fourth-order valence-corrected chi connectivity index (χ4v) is 2.24. The summed E-state index contributed by atoms with van der Waals surface area (Å²) in [4.78, 5) is 8.70. The number of rotatable bonds is 8. The van der Waals surface area contributed by atoms with E-state index in [-0.39, 0.29) is 24.0 Å². The van der Waals surface area contributed by atoms with Crippen LogP contribution < -0.4 is 10.6 Å². The zero-order valence-electron chi connectivity index (χ0n) is 14.5. The van der Waals surface area contributed by atoms with Crippen molar-refractivity contribution in [3.8, 4) is 0 Å². The first-order valence-electron chi connectivity index (χ1n) is 8.37. The molecule has 0 aliphatic carbocycles. The second-order valence-electron chi connectivity index (χ2n) is 5.53. The number of aromatic nitrogens is 2. The molecular weight excluding hydrogens is 413 g/mol. The number of benzene rings is 1. The fourth-order valence-electron chi connectivity index (χ4n) is 2.24. The molecule has 24 heavy (non-hydrogen) atoms. The molecule has 1 heterocycles. The Bertz CT molecular complexity index is 578. The van der Waals surface area contributed by atoms with Gasteiger partial charge in [0.2, 0.25) is 0 Å². The first-order valence-corrected chi connectivity index (χ1v) is 8.37. The molecule has 0 saturated carbocycles. The van der Waals surface area contributed by atoms with Crippen LogP contribution in [0, 0.1) is 0 Å². The smallest absolute Gasteiger partial charge is 0.191 e. The van der Waals surface area contributed by atoms with E-state index in [0.29, 0.717) is 6.54 Å². The molecule has 0 bridgehead atoms. The summed E-state index contributed by atoms with van der Waals surface area (Å²) in [6.07, 6.45) is 7.96. The van der Waals surface area contributed by atoms with E-state index in [9.17, 15) is 0 Å². The summed E-state index contributed by atoms with van der Waals surface area (Å²) in [5, 5.41) is 6.64. The average molecular weight is 441 g/mol. The average Bonchev–Trinajstić information content (AvgIpc) is 3.07. The number of halogens is 1. The second-order valence-corrected chi connectivity index (χ2v) is 5.53. The molecular formula is C18H28IN5. The van der Waals surface area contributed by atoms with E-state index in [4.69, 9.17) is 0 Å². The Kier molecular flexibility index (Phi) is 10.1. The van der Waals surface area contributed by atoms with Crippen LogP contribution in [0.5, 0.6) is 0 Å². The van der Waals surface area contributed by atoms with E-state index >= 15 is 0 Å². The Morgan fingerprint density at radius 1 is 1.12 bits per heavy atom. The predicted octanol–water partition coefficient (Wildman–Crippen LogP) is 3.40.